The van der Waals surface area contributed by atoms with Gasteiger partial charge in [-0.1, -0.05) is 12.7 Å². The van der Waals surface area contributed by atoms with Crippen LogP contribution in [-0.2, 0) is 4.74 Å². The molecule has 0 radical (unpaired) electrons. The molecule has 0 saturated heterocycles. The second-order valence-corrected chi connectivity index (χ2v) is 2.65. The summed E-state index contributed by atoms with van der Waals surface area (Å²) in [5.41, 5.74) is 1.26. The van der Waals surface area contributed by atoms with E-state index in [1.54, 1.807) is 31.4 Å². The minimum atomic E-state index is -0.365. The molecule has 3 heteroatoms. The van der Waals surface area contributed by atoms with Gasteiger partial charge in [-0.3, -0.25) is 0 Å². The smallest absolute Gasteiger partial charge is 0.337 e. The lowest BCUT2D eigenvalue weighted by Gasteiger charge is -2.06. The predicted octanol–water partition coefficient (Wildman–Crippen LogP) is 2.12. The van der Waals surface area contributed by atoms with Crippen molar-refractivity contribution in [1.82, 2.24) is 0 Å². The van der Waals surface area contributed by atoms with Gasteiger partial charge >= 0.3 is 5.97 Å². The van der Waals surface area contributed by atoms with Gasteiger partial charge in [0, 0.05) is 5.56 Å². The SMILES string of the molecule is C=Cc1cc(C(=O)OC)ccc1OC. The predicted molar refractivity (Wildman–Crippen MR) is 54.4 cm³/mol. The largest absolute Gasteiger partial charge is 0.496 e. The van der Waals surface area contributed by atoms with E-state index >= 15 is 0 Å². The fraction of sp³-hybridized carbons (Fsp3) is 0.182. The molecule has 1 aromatic rings. The molecule has 0 aliphatic carbocycles. The summed E-state index contributed by atoms with van der Waals surface area (Å²) in [4.78, 5) is 11.2. The summed E-state index contributed by atoms with van der Waals surface area (Å²) < 4.78 is 9.68. The van der Waals surface area contributed by atoms with E-state index in [1.807, 2.05) is 0 Å². The topological polar surface area (TPSA) is 35.5 Å². The number of ether oxygens (including phenoxy) is 2. The molecule has 0 amide bonds. The molecule has 0 aromatic heterocycles. The van der Waals surface area contributed by atoms with E-state index in [-0.39, 0.29) is 5.97 Å². The van der Waals surface area contributed by atoms with Crippen LogP contribution in [0.3, 0.4) is 0 Å². The lowest BCUT2D eigenvalue weighted by Crippen LogP contribution is -2.01. The first-order valence-electron chi connectivity index (χ1n) is 4.11. The van der Waals surface area contributed by atoms with Crippen molar-refractivity contribution in [3.8, 4) is 5.75 Å². The Morgan fingerprint density at radius 2 is 2.14 bits per heavy atom. The molecule has 1 aromatic carbocycles. The van der Waals surface area contributed by atoms with Crippen molar-refractivity contribution in [3.63, 3.8) is 0 Å². The van der Waals surface area contributed by atoms with Gasteiger partial charge in [0.15, 0.2) is 0 Å². The lowest BCUT2D eigenvalue weighted by molar-refractivity contribution is 0.0600. The van der Waals surface area contributed by atoms with E-state index in [0.717, 1.165) is 5.56 Å². The van der Waals surface area contributed by atoms with Gasteiger partial charge in [0.25, 0.3) is 0 Å². The number of esters is 1. The molecule has 0 atom stereocenters. The Morgan fingerprint density at radius 1 is 1.43 bits per heavy atom. The van der Waals surface area contributed by atoms with Crippen LogP contribution in [0.1, 0.15) is 15.9 Å². The number of carbonyl (C=O) groups excluding carboxylic acids is 1. The number of hydrogen-bond donors (Lipinski definition) is 0. The normalized spacial score (nSPS) is 9.29. The van der Waals surface area contributed by atoms with E-state index in [4.69, 9.17) is 4.74 Å². The van der Waals surface area contributed by atoms with E-state index in [2.05, 4.69) is 11.3 Å². The van der Waals surface area contributed by atoms with Crippen molar-refractivity contribution >= 4 is 12.0 Å². The number of hydrogen-bond acceptors (Lipinski definition) is 3. The summed E-state index contributed by atoms with van der Waals surface area (Å²) in [5, 5.41) is 0. The number of rotatable bonds is 3. The van der Waals surface area contributed by atoms with Gasteiger partial charge in [-0.15, -0.1) is 0 Å². The maximum Gasteiger partial charge on any atom is 0.337 e. The Kier molecular flexibility index (Phi) is 3.29. The Balaban J connectivity index is 3.13. The average molecular weight is 192 g/mol. The monoisotopic (exact) mass is 192 g/mol. The molecule has 0 unspecified atom stereocenters. The van der Waals surface area contributed by atoms with Crippen LogP contribution in [0.5, 0.6) is 5.75 Å². The summed E-state index contributed by atoms with van der Waals surface area (Å²) in [5.74, 6) is 0.323. The van der Waals surface area contributed by atoms with Crippen LogP contribution in [0, 0.1) is 0 Å². The third-order valence-corrected chi connectivity index (χ3v) is 1.87. The van der Waals surface area contributed by atoms with Gasteiger partial charge in [-0.2, -0.15) is 0 Å². The first-order valence-corrected chi connectivity index (χ1v) is 4.11. The van der Waals surface area contributed by atoms with Crippen molar-refractivity contribution < 1.29 is 14.3 Å². The third-order valence-electron chi connectivity index (χ3n) is 1.87. The molecule has 0 spiro atoms. The Hall–Kier alpha value is -1.77. The fourth-order valence-corrected chi connectivity index (χ4v) is 1.14. The summed E-state index contributed by atoms with van der Waals surface area (Å²) in [6.07, 6.45) is 1.63. The van der Waals surface area contributed by atoms with Gasteiger partial charge in [-0.25, -0.2) is 4.79 Å². The molecule has 0 aliphatic rings. The first-order chi connectivity index (χ1) is 6.72. The second kappa shape index (κ2) is 4.46. The molecule has 74 valence electrons. The van der Waals surface area contributed by atoms with Crippen molar-refractivity contribution in [2.45, 2.75) is 0 Å². The molecule has 0 fully saturated rings. The van der Waals surface area contributed by atoms with Crippen LogP contribution in [0.25, 0.3) is 6.08 Å². The maximum absolute atomic E-state index is 11.2. The zero-order chi connectivity index (χ0) is 10.6. The highest BCUT2D eigenvalue weighted by atomic mass is 16.5. The quantitative estimate of drug-likeness (QED) is 0.688. The highest BCUT2D eigenvalue weighted by Crippen LogP contribution is 2.21. The Bertz CT molecular complexity index is 356. The molecule has 0 heterocycles. The molecule has 3 nitrogen and oxygen atoms in total. The maximum atomic E-state index is 11.2. The first kappa shape index (κ1) is 10.3. The Morgan fingerprint density at radius 3 is 2.64 bits per heavy atom. The third kappa shape index (κ3) is 1.93. The van der Waals surface area contributed by atoms with E-state index < -0.39 is 0 Å². The van der Waals surface area contributed by atoms with Crippen molar-refractivity contribution in [2.75, 3.05) is 14.2 Å². The second-order valence-electron chi connectivity index (χ2n) is 2.65. The van der Waals surface area contributed by atoms with Gasteiger partial charge in [-0.05, 0) is 18.2 Å². The molecular weight excluding hydrogens is 180 g/mol. The van der Waals surface area contributed by atoms with Crippen molar-refractivity contribution in [2.24, 2.45) is 0 Å². The Labute approximate surface area is 83.0 Å². The van der Waals surface area contributed by atoms with Crippen LogP contribution >= 0.6 is 0 Å². The van der Waals surface area contributed by atoms with Crippen LogP contribution in [0.2, 0.25) is 0 Å². The molecule has 1 rings (SSSR count). The number of carbonyl (C=O) groups is 1. The zero-order valence-electron chi connectivity index (χ0n) is 8.24. The molecule has 0 N–H and O–H groups in total. The average Bonchev–Trinajstić information content (AvgIpc) is 2.26. The van der Waals surface area contributed by atoms with Gasteiger partial charge in [0.2, 0.25) is 0 Å². The van der Waals surface area contributed by atoms with E-state index in [0.29, 0.717) is 11.3 Å². The standard InChI is InChI=1S/C11H12O3/c1-4-8-7-9(11(12)14-3)5-6-10(8)13-2/h4-7H,1H2,2-3H3. The molecule has 0 aliphatic heterocycles. The van der Waals surface area contributed by atoms with Gasteiger partial charge < -0.3 is 9.47 Å². The summed E-state index contributed by atoms with van der Waals surface area (Å²) >= 11 is 0. The van der Waals surface area contributed by atoms with Crippen molar-refractivity contribution in [3.05, 3.63) is 35.9 Å². The lowest BCUT2D eigenvalue weighted by atomic mass is 10.1. The van der Waals surface area contributed by atoms with Gasteiger partial charge in [0.1, 0.15) is 5.75 Å². The zero-order valence-corrected chi connectivity index (χ0v) is 8.24. The van der Waals surface area contributed by atoms with E-state index in [9.17, 15) is 4.79 Å². The molecule has 0 bridgehead atoms. The summed E-state index contributed by atoms with van der Waals surface area (Å²) in [6, 6.07) is 5.04. The van der Waals surface area contributed by atoms with Crippen LogP contribution in [-0.4, -0.2) is 20.2 Å². The number of methoxy groups -OCH3 is 2. The van der Waals surface area contributed by atoms with Crippen molar-refractivity contribution in [1.29, 1.82) is 0 Å². The van der Waals surface area contributed by atoms with Crippen LogP contribution in [0.15, 0.2) is 24.8 Å². The highest BCUT2D eigenvalue weighted by molar-refractivity contribution is 5.90. The fourth-order valence-electron chi connectivity index (χ4n) is 1.14. The minimum absolute atomic E-state index is 0.365. The summed E-state index contributed by atoms with van der Waals surface area (Å²) in [6.45, 7) is 3.63. The van der Waals surface area contributed by atoms with Crippen LogP contribution in [0.4, 0.5) is 0 Å². The van der Waals surface area contributed by atoms with Crippen LogP contribution < -0.4 is 4.74 Å². The highest BCUT2D eigenvalue weighted by Gasteiger charge is 2.07. The minimum Gasteiger partial charge on any atom is -0.496 e. The number of benzene rings is 1. The van der Waals surface area contributed by atoms with E-state index in [1.165, 1.54) is 7.11 Å². The molecule has 0 saturated carbocycles. The van der Waals surface area contributed by atoms with Gasteiger partial charge in [0.05, 0.1) is 19.8 Å². The summed E-state index contributed by atoms with van der Waals surface area (Å²) in [7, 11) is 2.92. The molecular formula is C11H12O3. The molecule has 14 heavy (non-hydrogen) atoms.